The van der Waals surface area contributed by atoms with Crippen LogP contribution in [0.1, 0.15) is 26.3 Å². The smallest absolute Gasteiger partial charge is 0.279 e. The quantitative estimate of drug-likeness (QED) is 0.705. The topological polar surface area (TPSA) is 105 Å². The highest BCUT2D eigenvalue weighted by molar-refractivity contribution is 7.92. The van der Waals surface area contributed by atoms with Gasteiger partial charge in [0.2, 0.25) is 0 Å². The normalized spacial score (nSPS) is 12.0. The van der Waals surface area contributed by atoms with Crippen LogP contribution in [0.2, 0.25) is 0 Å². The van der Waals surface area contributed by atoms with Gasteiger partial charge in [-0.05, 0) is 6.92 Å². The van der Waals surface area contributed by atoms with Gasteiger partial charge in [-0.2, -0.15) is 18.6 Å². The third-order valence-corrected chi connectivity index (χ3v) is 4.25. The first kappa shape index (κ1) is 15.5. The zero-order chi connectivity index (χ0) is 15.5. The molecule has 0 unspecified atom stereocenters. The lowest BCUT2D eigenvalue weighted by atomic mass is 10.3. The molecule has 21 heavy (non-hydrogen) atoms. The average Bonchev–Trinajstić information content (AvgIpc) is 3.04. The number of H-pyrrole nitrogens is 1. The van der Waals surface area contributed by atoms with Crippen molar-refractivity contribution >= 4 is 15.7 Å². The van der Waals surface area contributed by atoms with Crippen LogP contribution in [0.15, 0.2) is 23.6 Å². The molecule has 2 aromatic heterocycles. The number of hydrogen-bond donors (Lipinski definition) is 3. The Morgan fingerprint density at radius 3 is 2.76 bits per heavy atom. The molecule has 9 heteroatoms. The van der Waals surface area contributed by atoms with Crippen molar-refractivity contribution in [2.24, 2.45) is 0 Å². The van der Waals surface area contributed by atoms with Crippen LogP contribution < -0.4 is 10.0 Å². The van der Waals surface area contributed by atoms with Crippen LogP contribution in [0.25, 0.3) is 0 Å². The molecule has 0 atom stereocenters. The van der Waals surface area contributed by atoms with Gasteiger partial charge in [-0.25, -0.2) is 0 Å². The Bertz CT molecular complexity index is 688. The van der Waals surface area contributed by atoms with Crippen molar-refractivity contribution in [1.82, 2.24) is 25.3 Å². The number of rotatable bonds is 7. The minimum atomic E-state index is -3.70. The van der Waals surface area contributed by atoms with E-state index in [1.165, 1.54) is 12.4 Å². The van der Waals surface area contributed by atoms with Gasteiger partial charge in [0.25, 0.3) is 10.0 Å². The molecule has 0 bridgehead atoms. The van der Waals surface area contributed by atoms with E-state index in [4.69, 9.17) is 0 Å². The van der Waals surface area contributed by atoms with Crippen molar-refractivity contribution in [3.05, 3.63) is 24.2 Å². The lowest BCUT2D eigenvalue weighted by Crippen LogP contribution is -2.23. The maximum atomic E-state index is 12.4. The minimum absolute atomic E-state index is 0.0694. The molecule has 8 nitrogen and oxygen atoms in total. The van der Waals surface area contributed by atoms with Gasteiger partial charge < -0.3 is 5.32 Å². The monoisotopic (exact) mass is 312 g/mol. The van der Waals surface area contributed by atoms with Crippen LogP contribution in [0.3, 0.4) is 0 Å². The lowest BCUT2D eigenvalue weighted by Gasteiger charge is -2.09. The van der Waals surface area contributed by atoms with E-state index in [0.29, 0.717) is 24.3 Å². The molecule has 0 fully saturated rings. The molecule has 0 aliphatic heterocycles. The average molecular weight is 312 g/mol. The van der Waals surface area contributed by atoms with E-state index < -0.39 is 10.0 Å². The molecule has 3 N–H and O–H groups in total. The molecule has 2 heterocycles. The molecular weight excluding hydrogens is 292 g/mol. The standard InChI is InChI=1S/C12H20N6O2S/c1-4-18-8-11(7-15-18)17-21(19,20)12-10(6-14-16-12)5-13-9(2)3/h6-9,13,17H,4-5H2,1-3H3,(H,14,16). The molecule has 0 radical (unpaired) electrons. The fourth-order valence-electron chi connectivity index (χ4n) is 1.77. The second-order valence-electron chi connectivity index (χ2n) is 4.95. The highest BCUT2D eigenvalue weighted by Crippen LogP contribution is 2.17. The van der Waals surface area contributed by atoms with Crippen molar-refractivity contribution in [2.45, 2.75) is 44.9 Å². The predicted molar refractivity (Wildman–Crippen MR) is 79.3 cm³/mol. The Hall–Kier alpha value is -1.87. The summed E-state index contributed by atoms with van der Waals surface area (Å²) in [4.78, 5) is 0. The summed E-state index contributed by atoms with van der Waals surface area (Å²) < 4.78 is 28.9. The Kier molecular flexibility index (Phi) is 4.63. The number of hydrogen-bond acceptors (Lipinski definition) is 5. The van der Waals surface area contributed by atoms with E-state index in [9.17, 15) is 8.42 Å². The van der Waals surface area contributed by atoms with E-state index in [1.807, 2.05) is 20.8 Å². The van der Waals surface area contributed by atoms with Crippen molar-refractivity contribution < 1.29 is 8.42 Å². The number of aryl methyl sites for hydroxylation is 1. The molecule has 0 saturated carbocycles. The summed E-state index contributed by atoms with van der Waals surface area (Å²) in [7, 11) is -3.70. The Labute approximate surface area is 124 Å². The van der Waals surface area contributed by atoms with Crippen LogP contribution in [0, 0.1) is 0 Å². The summed E-state index contributed by atoms with van der Waals surface area (Å²) in [6.07, 6.45) is 4.63. The first-order chi connectivity index (χ1) is 9.92. The van der Waals surface area contributed by atoms with E-state index in [2.05, 4.69) is 25.3 Å². The second-order valence-corrected chi connectivity index (χ2v) is 6.57. The van der Waals surface area contributed by atoms with E-state index >= 15 is 0 Å². The van der Waals surface area contributed by atoms with Gasteiger partial charge in [0.1, 0.15) is 0 Å². The van der Waals surface area contributed by atoms with Crippen LogP contribution in [-0.4, -0.2) is 34.4 Å². The maximum absolute atomic E-state index is 12.4. The molecule has 0 aliphatic carbocycles. The SMILES string of the molecule is CCn1cc(NS(=O)(=O)c2[nH]ncc2CNC(C)C)cn1. The van der Waals surface area contributed by atoms with Gasteiger partial charge in [0, 0.05) is 30.9 Å². The molecule has 0 aromatic carbocycles. The van der Waals surface area contributed by atoms with Gasteiger partial charge in [0.15, 0.2) is 5.03 Å². The van der Waals surface area contributed by atoms with Crippen LogP contribution in [-0.2, 0) is 23.1 Å². The molecule has 0 amide bonds. The number of aromatic amines is 1. The molecule has 0 spiro atoms. The zero-order valence-corrected chi connectivity index (χ0v) is 13.1. The summed E-state index contributed by atoms with van der Waals surface area (Å²) in [6.45, 7) is 7.02. The highest BCUT2D eigenvalue weighted by atomic mass is 32.2. The fourth-order valence-corrected chi connectivity index (χ4v) is 2.93. The number of anilines is 1. The first-order valence-corrected chi connectivity index (χ1v) is 8.21. The Morgan fingerprint density at radius 2 is 2.14 bits per heavy atom. The van der Waals surface area contributed by atoms with Crippen molar-refractivity contribution in [3.8, 4) is 0 Å². The summed E-state index contributed by atoms with van der Waals surface area (Å²) in [6, 6.07) is 0.256. The molecule has 0 aliphatic rings. The Morgan fingerprint density at radius 1 is 1.38 bits per heavy atom. The van der Waals surface area contributed by atoms with E-state index in [1.54, 1.807) is 10.9 Å². The van der Waals surface area contributed by atoms with Crippen molar-refractivity contribution in [2.75, 3.05) is 4.72 Å². The van der Waals surface area contributed by atoms with Crippen molar-refractivity contribution in [3.63, 3.8) is 0 Å². The zero-order valence-electron chi connectivity index (χ0n) is 12.3. The van der Waals surface area contributed by atoms with E-state index in [-0.39, 0.29) is 11.1 Å². The summed E-state index contributed by atoms with van der Waals surface area (Å²) in [5, 5.41) is 13.6. The highest BCUT2D eigenvalue weighted by Gasteiger charge is 2.21. The third kappa shape index (κ3) is 3.82. The second kappa shape index (κ2) is 6.27. The van der Waals surface area contributed by atoms with Gasteiger partial charge >= 0.3 is 0 Å². The number of aromatic nitrogens is 4. The predicted octanol–water partition coefficient (Wildman–Crippen LogP) is 0.925. The number of nitrogens with one attached hydrogen (secondary N) is 3. The summed E-state index contributed by atoms with van der Waals surface area (Å²) in [5.74, 6) is 0. The third-order valence-electron chi connectivity index (χ3n) is 2.86. The number of nitrogens with zero attached hydrogens (tertiary/aromatic N) is 3. The molecule has 2 rings (SSSR count). The molecule has 116 valence electrons. The van der Waals surface area contributed by atoms with Crippen LogP contribution in [0.5, 0.6) is 0 Å². The van der Waals surface area contributed by atoms with Crippen LogP contribution >= 0.6 is 0 Å². The Balaban J connectivity index is 2.17. The summed E-state index contributed by atoms with van der Waals surface area (Å²) in [5.41, 5.74) is 1.02. The van der Waals surface area contributed by atoms with E-state index in [0.717, 1.165) is 0 Å². The fraction of sp³-hybridized carbons (Fsp3) is 0.500. The number of sulfonamides is 1. The maximum Gasteiger partial charge on any atom is 0.279 e. The molecule has 0 saturated heterocycles. The van der Waals surface area contributed by atoms with Crippen molar-refractivity contribution in [1.29, 1.82) is 0 Å². The van der Waals surface area contributed by atoms with Gasteiger partial charge in [-0.3, -0.25) is 14.5 Å². The molecular formula is C12H20N6O2S. The van der Waals surface area contributed by atoms with Gasteiger partial charge in [0.05, 0.1) is 18.1 Å². The van der Waals surface area contributed by atoms with Gasteiger partial charge in [-0.15, -0.1) is 0 Å². The lowest BCUT2D eigenvalue weighted by molar-refractivity contribution is 0.574. The van der Waals surface area contributed by atoms with Gasteiger partial charge in [-0.1, -0.05) is 13.8 Å². The van der Waals surface area contributed by atoms with Crippen LogP contribution in [0.4, 0.5) is 5.69 Å². The minimum Gasteiger partial charge on any atom is -0.310 e. The largest absolute Gasteiger partial charge is 0.310 e. The summed E-state index contributed by atoms with van der Waals surface area (Å²) >= 11 is 0. The first-order valence-electron chi connectivity index (χ1n) is 6.73. The molecule has 2 aromatic rings.